The van der Waals surface area contributed by atoms with Crippen molar-refractivity contribution < 1.29 is 4.79 Å². The van der Waals surface area contributed by atoms with Crippen molar-refractivity contribution in [1.29, 1.82) is 0 Å². The van der Waals surface area contributed by atoms with Crippen molar-refractivity contribution in [3.05, 3.63) is 11.1 Å². The molecule has 0 saturated heterocycles. The maximum absolute atomic E-state index is 12.6. The Hall–Kier alpha value is -0.590. The summed E-state index contributed by atoms with van der Waals surface area (Å²) in [5.74, 6) is 1.96. The number of allylic oxidation sites excluding steroid dienone is 2. The van der Waals surface area contributed by atoms with Crippen molar-refractivity contribution in [2.45, 2.75) is 53.4 Å². The van der Waals surface area contributed by atoms with Crippen LogP contribution in [0.4, 0.5) is 0 Å². The first-order valence-corrected chi connectivity index (χ1v) is 6.60. The molecule has 0 N–H and O–H groups in total. The molecule has 0 aromatic rings. The molecule has 0 spiro atoms. The molecule has 4 aliphatic carbocycles. The first-order chi connectivity index (χ1) is 7.38. The minimum atomic E-state index is -0.0114. The molecule has 0 aromatic heterocycles. The molecule has 0 amide bonds. The van der Waals surface area contributed by atoms with Crippen LogP contribution < -0.4 is 0 Å². The number of fused-ring (bicyclic) bond motifs is 1. The number of ketones is 1. The Kier molecular flexibility index (Phi) is 1.85. The Balaban J connectivity index is 2.16. The van der Waals surface area contributed by atoms with Gasteiger partial charge in [-0.05, 0) is 51.4 Å². The van der Waals surface area contributed by atoms with Gasteiger partial charge in [-0.25, -0.2) is 0 Å². The third kappa shape index (κ3) is 1.00. The zero-order valence-corrected chi connectivity index (χ0v) is 10.9. The minimum absolute atomic E-state index is 0.00532. The lowest BCUT2D eigenvalue weighted by atomic mass is 9.50. The summed E-state index contributed by atoms with van der Waals surface area (Å²) < 4.78 is 0. The Morgan fingerprint density at radius 2 is 2.00 bits per heavy atom. The second-order valence-corrected chi connectivity index (χ2v) is 6.97. The molecule has 0 aromatic carbocycles. The maximum Gasteiger partial charge on any atom is 0.145 e. The van der Waals surface area contributed by atoms with Crippen molar-refractivity contribution in [3.63, 3.8) is 0 Å². The zero-order chi connectivity index (χ0) is 11.7. The zero-order valence-electron chi connectivity index (χ0n) is 10.9. The van der Waals surface area contributed by atoms with Crippen LogP contribution in [0.1, 0.15) is 53.4 Å². The molecule has 0 unspecified atom stereocenters. The minimum Gasteiger partial charge on any atom is -0.298 e. The van der Waals surface area contributed by atoms with Gasteiger partial charge in [-0.1, -0.05) is 25.0 Å². The standard InChI is InChI=1S/C15H22O/c1-9(2)10-8-15(4)12-5-6-14(3,13(15)16)7-11(10)12/h11-12H,5-8H2,1-4H3/t11-,12-,14+,15+/m1/s1. The van der Waals surface area contributed by atoms with Crippen LogP contribution in [0, 0.1) is 22.7 Å². The van der Waals surface area contributed by atoms with Gasteiger partial charge in [0, 0.05) is 10.8 Å². The van der Waals surface area contributed by atoms with Gasteiger partial charge in [-0.15, -0.1) is 0 Å². The van der Waals surface area contributed by atoms with Crippen LogP contribution in [0.2, 0.25) is 0 Å². The first kappa shape index (κ1) is 10.6. The fourth-order valence-corrected chi connectivity index (χ4v) is 4.88. The number of Topliss-reactive ketones (excluding diaryl/α,β-unsaturated/α-hetero) is 1. The Morgan fingerprint density at radius 1 is 1.31 bits per heavy atom. The number of carbonyl (C=O) groups is 1. The van der Waals surface area contributed by atoms with E-state index in [2.05, 4.69) is 27.7 Å². The van der Waals surface area contributed by atoms with Crippen molar-refractivity contribution >= 4 is 5.78 Å². The van der Waals surface area contributed by atoms with Gasteiger partial charge in [0.25, 0.3) is 0 Å². The van der Waals surface area contributed by atoms with Crippen LogP contribution in [0.5, 0.6) is 0 Å². The lowest BCUT2D eigenvalue weighted by Gasteiger charge is -2.52. The molecule has 4 rings (SSSR count). The monoisotopic (exact) mass is 218 g/mol. The summed E-state index contributed by atoms with van der Waals surface area (Å²) in [5.41, 5.74) is 3.08. The van der Waals surface area contributed by atoms with Gasteiger partial charge in [0.2, 0.25) is 0 Å². The quantitative estimate of drug-likeness (QED) is 0.566. The second kappa shape index (κ2) is 2.80. The van der Waals surface area contributed by atoms with Gasteiger partial charge in [-0.3, -0.25) is 4.79 Å². The van der Waals surface area contributed by atoms with Gasteiger partial charge in [0.1, 0.15) is 5.78 Å². The summed E-state index contributed by atoms with van der Waals surface area (Å²) in [5, 5.41) is 0. The molecule has 0 radical (unpaired) electrons. The summed E-state index contributed by atoms with van der Waals surface area (Å²) in [6, 6.07) is 0. The molecule has 1 nitrogen and oxygen atoms in total. The van der Waals surface area contributed by atoms with E-state index in [0.717, 1.165) is 25.2 Å². The normalized spacial score (nSPS) is 50.0. The molecule has 0 heterocycles. The molecular weight excluding hydrogens is 196 g/mol. The predicted octanol–water partition coefficient (Wildman–Crippen LogP) is 3.74. The van der Waals surface area contributed by atoms with Crippen LogP contribution in [-0.2, 0) is 4.79 Å². The van der Waals surface area contributed by atoms with E-state index in [9.17, 15) is 4.79 Å². The lowest BCUT2D eigenvalue weighted by Crippen LogP contribution is -2.53. The summed E-state index contributed by atoms with van der Waals surface area (Å²) in [4.78, 5) is 12.6. The highest BCUT2D eigenvalue weighted by molar-refractivity contribution is 5.93. The van der Waals surface area contributed by atoms with Crippen LogP contribution in [0.3, 0.4) is 0 Å². The van der Waals surface area contributed by atoms with E-state index in [1.807, 2.05) is 0 Å². The topological polar surface area (TPSA) is 17.1 Å². The molecule has 0 aliphatic heterocycles. The fraction of sp³-hybridized carbons (Fsp3) is 0.800. The summed E-state index contributed by atoms with van der Waals surface area (Å²) in [7, 11) is 0. The Bertz CT molecular complexity index is 402. The molecule has 4 bridgehead atoms. The molecule has 16 heavy (non-hydrogen) atoms. The van der Waals surface area contributed by atoms with E-state index >= 15 is 0 Å². The smallest absolute Gasteiger partial charge is 0.145 e. The van der Waals surface area contributed by atoms with E-state index < -0.39 is 0 Å². The maximum atomic E-state index is 12.6. The van der Waals surface area contributed by atoms with Crippen molar-refractivity contribution in [1.82, 2.24) is 0 Å². The highest BCUT2D eigenvalue weighted by atomic mass is 16.1. The lowest BCUT2D eigenvalue weighted by molar-refractivity contribution is -0.153. The van der Waals surface area contributed by atoms with Crippen molar-refractivity contribution in [3.8, 4) is 0 Å². The van der Waals surface area contributed by atoms with E-state index in [4.69, 9.17) is 0 Å². The Labute approximate surface area is 98.3 Å². The van der Waals surface area contributed by atoms with E-state index in [1.54, 1.807) is 5.57 Å². The third-order valence-corrected chi connectivity index (χ3v) is 5.70. The predicted molar refractivity (Wildman–Crippen MR) is 65.0 cm³/mol. The third-order valence-electron chi connectivity index (χ3n) is 5.70. The van der Waals surface area contributed by atoms with Gasteiger partial charge < -0.3 is 0 Å². The molecule has 4 aliphatic rings. The van der Waals surface area contributed by atoms with E-state index in [0.29, 0.717) is 11.7 Å². The first-order valence-electron chi connectivity index (χ1n) is 6.60. The van der Waals surface area contributed by atoms with Gasteiger partial charge in [0.15, 0.2) is 0 Å². The number of carbonyl (C=O) groups excluding carboxylic acids is 1. The number of hydrogen-bond acceptors (Lipinski definition) is 1. The second-order valence-electron chi connectivity index (χ2n) is 6.97. The largest absolute Gasteiger partial charge is 0.298 e. The van der Waals surface area contributed by atoms with Crippen molar-refractivity contribution in [2.24, 2.45) is 22.7 Å². The summed E-state index contributed by atoms with van der Waals surface area (Å²) >= 11 is 0. The average Bonchev–Trinajstić information content (AvgIpc) is 2.47. The average molecular weight is 218 g/mol. The highest BCUT2D eigenvalue weighted by Gasteiger charge is 2.64. The van der Waals surface area contributed by atoms with Crippen LogP contribution >= 0.6 is 0 Å². The molecule has 88 valence electrons. The summed E-state index contributed by atoms with van der Waals surface area (Å²) in [6.45, 7) is 8.89. The number of hydrogen-bond donors (Lipinski definition) is 0. The molecule has 4 fully saturated rings. The van der Waals surface area contributed by atoms with Crippen molar-refractivity contribution in [2.75, 3.05) is 0 Å². The van der Waals surface area contributed by atoms with Gasteiger partial charge in [0.05, 0.1) is 0 Å². The van der Waals surface area contributed by atoms with E-state index in [-0.39, 0.29) is 10.8 Å². The van der Waals surface area contributed by atoms with E-state index in [1.165, 1.54) is 12.0 Å². The Morgan fingerprint density at radius 3 is 2.62 bits per heavy atom. The molecular formula is C15H22O. The number of rotatable bonds is 0. The van der Waals surface area contributed by atoms with Crippen LogP contribution in [-0.4, -0.2) is 5.78 Å². The van der Waals surface area contributed by atoms with Crippen LogP contribution in [0.25, 0.3) is 0 Å². The van der Waals surface area contributed by atoms with Gasteiger partial charge in [-0.2, -0.15) is 0 Å². The van der Waals surface area contributed by atoms with Crippen LogP contribution in [0.15, 0.2) is 11.1 Å². The summed E-state index contributed by atoms with van der Waals surface area (Å²) in [6.07, 6.45) is 4.60. The SMILES string of the molecule is CC(C)=C1C[C@]2(C)C(=O)[C@@]3(C)CC[C@@H]2[C@@H]1C3. The molecule has 4 atom stereocenters. The fourth-order valence-electron chi connectivity index (χ4n) is 4.88. The highest BCUT2D eigenvalue weighted by Crippen LogP contribution is 2.67. The molecule has 4 saturated carbocycles. The molecule has 1 heteroatoms. The van der Waals surface area contributed by atoms with Gasteiger partial charge >= 0.3 is 0 Å².